The van der Waals surface area contributed by atoms with Gasteiger partial charge in [0.2, 0.25) is 0 Å². The van der Waals surface area contributed by atoms with Gasteiger partial charge in [0.15, 0.2) is 0 Å². The van der Waals surface area contributed by atoms with Gasteiger partial charge >= 0.3 is 0 Å². The zero-order chi connectivity index (χ0) is 28.0. The Morgan fingerprint density at radius 3 is 1.84 bits per heavy atom. The van der Waals surface area contributed by atoms with E-state index >= 15 is 0 Å². The first kappa shape index (κ1) is 31.0. The highest BCUT2D eigenvalue weighted by molar-refractivity contribution is 6.97. The highest BCUT2D eigenvalue weighted by atomic mass is 35.5. The van der Waals surface area contributed by atoms with Gasteiger partial charge in [-0.3, -0.25) is 0 Å². The fourth-order valence-corrected chi connectivity index (χ4v) is 16.8. The van der Waals surface area contributed by atoms with Crippen molar-refractivity contribution in [1.82, 2.24) is 0 Å². The van der Waals surface area contributed by atoms with Crippen LogP contribution in [0.5, 0.6) is 0 Å². The summed E-state index contributed by atoms with van der Waals surface area (Å²) in [5, 5.41) is 0. The van der Waals surface area contributed by atoms with Gasteiger partial charge in [0.05, 0.1) is 8.99 Å². The zero-order valence-electron chi connectivity index (χ0n) is 25.6. The number of hydrogen-bond donors (Lipinski definition) is 0. The van der Waals surface area contributed by atoms with Crippen LogP contribution in [0.2, 0.25) is 38.3 Å². The molecule has 0 radical (unpaired) electrons. The molecule has 0 saturated carbocycles. The summed E-state index contributed by atoms with van der Waals surface area (Å²) in [6.45, 7) is 26.1. The molecule has 3 rings (SSSR count). The molecule has 0 heterocycles. The molecular formula is C33H52Cl2Si2. The van der Waals surface area contributed by atoms with Crippen molar-refractivity contribution >= 4 is 45.4 Å². The van der Waals surface area contributed by atoms with Crippen molar-refractivity contribution in [2.45, 2.75) is 128 Å². The number of halogens is 2. The summed E-state index contributed by atoms with van der Waals surface area (Å²) in [7, 11) is -3.90. The maximum atomic E-state index is 8.26. The molecule has 0 aromatic heterocycles. The monoisotopic (exact) mass is 574 g/mol. The molecule has 0 saturated heterocycles. The highest BCUT2D eigenvalue weighted by Gasteiger charge is 2.66. The van der Waals surface area contributed by atoms with Crippen LogP contribution in [0, 0.1) is 5.41 Å². The molecule has 2 unspecified atom stereocenters. The first-order chi connectivity index (χ1) is 16.9. The van der Waals surface area contributed by atoms with E-state index in [1.807, 2.05) is 0 Å². The summed E-state index contributed by atoms with van der Waals surface area (Å²) < 4.78 is -0.964. The van der Waals surface area contributed by atoms with E-state index in [0.29, 0.717) is 5.41 Å². The fraction of sp³-hybridized carbons (Fsp3) is 0.636. The van der Waals surface area contributed by atoms with Gasteiger partial charge in [-0.1, -0.05) is 115 Å². The third kappa shape index (κ3) is 5.56. The first-order valence-electron chi connectivity index (χ1n) is 14.4. The number of unbranched alkanes of at least 4 members (excludes halogenated alkanes) is 3. The Hall–Kier alpha value is -0.546. The molecule has 2 aliphatic rings. The summed E-state index contributed by atoms with van der Waals surface area (Å²) in [6.07, 6.45) is 8.80. The zero-order valence-corrected chi connectivity index (χ0v) is 29.1. The average molecular weight is 576 g/mol. The van der Waals surface area contributed by atoms with Crippen LogP contribution in [0.4, 0.5) is 0 Å². The lowest BCUT2D eigenvalue weighted by atomic mass is 9.89. The lowest BCUT2D eigenvalue weighted by Crippen LogP contribution is -2.65. The van der Waals surface area contributed by atoms with E-state index in [9.17, 15) is 0 Å². The van der Waals surface area contributed by atoms with E-state index in [1.165, 1.54) is 71.1 Å². The van der Waals surface area contributed by atoms with Crippen molar-refractivity contribution in [2.24, 2.45) is 5.41 Å². The predicted octanol–water partition coefficient (Wildman–Crippen LogP) is 11.7. The van der Waals surface area contributed by atoms with Crippen LogP contribution in [-0.4, -0.2) is 20.6 Å². The molecule has 0 aliphatic heterocycles. The Balaban J connectivity index is 2.12. The smallest absolute Gasteiger partial charge is 0.113 e. The van der Waals surface area contributed by atoms with E-state index < -0.39 is 25.1 Å². The molecule has 1 aromatic rings. The van der Waals surface area contributed by atoms with Gasteiger partial charge in [-0.2, -0.15) is 0 Å². The molecule has 206 valence electrons. The Morgan fingerprint density at radius 2 is 1.30 bits per heavy atom. The van der Waals surface area contributed by atoms with E-state index in [1.54, 1.807) is 0 Å². The largest absolute Gasteiger partial charge is 0.119 e. The number of hydrogen-bond acceptors (Lipinski definition) is 0. The van der Waals surface area contributed by atoms with Crippen LogP contribution >= 0.6 is 23.2 Å². The van der Waals surface area contributed by atoms with E-state index in [-0.39, 0.29) is 0 Å². The third-order valence-electron chi connectivity index (χ3n) is 9.42. The summed E-state index contributed by atoms with van der Waals surface area (Å²) in [5.41, 5.74) is 9.93. The van der Waals surface area contributed by atoms with Gasteiger partial charge in [0.1, 0.15) is 8.07 Å². The fourth-order valence-electron chi connectivity index (χ4n) is 7.05. The Labute approximate surface area is 241 Å². The summed E-state index contributed by atoms with van der Waals surface area (Å²) in [5.74, 6) is 0. The van der Waals surface area contributed by atoms with Gasteiger partial charge in [-0.25, -0.2) is 0 Å². The Morgan fingerprint density at radius 1 is 0.757 bits per heavy atom. The SMILES string of the molecule is CC1=C(C)C(Cl)([Si](C)(CCCCCCC(C)(C)C)C2(Cl)C(C[Si](C)(C)C)=Cc3ccccc32)C(C)=C1C. The molecule has 0 amide bonds. The van der Waals surface area contributed by atoms with Crippen molar-refractivity contribution in [1.29, 1.82) is 0 Å². The van der Waals surface area contributed by atoms with Gasteiger partial charge < -0.3 is 0 Å². The molecule has 1 aromatic carbocycles. The van der Waals surface area contributed by atoms with Crippen LogP contribution in [-0.2, 0) is 4.50 Å². The lowest BCUT2D eigenvalue weighted by Gasteiger charge is -2.53. The van der Waals surface area contributed by atoms with E-state index in [4.69, 9.17) is 23.2 Å². The van der Waals surface area contributed by atoms with Crippen molar-refractivity contribution in [3.63, 3.8) is 0 Å². The molecule has 0 fully saturated rings. The second-order valence-electron chi connectivity index (χ2n) is 14.6. The number of rotatable bonds is 10. The van der Waals surface area contributed by atoms with Crippen molar-refractivity contribution in [3.05, 3.63) is 63.3 Å². The number of allylic oxidation sites excluding steroid dienone is 5. The summed E-state index contributed by atoms with van der Waals surface area (Å²) in [4.78, 5) is 0. The van der Waals surface area contributed by atoms with Crippen LogP contribution in [0.1, 0.15) is 91.7 Å². The van der Waals surface area contributed by atoms with Crippen LogP contribution in [0.3, 0.4) is 0 Å². The molecular weight excluding hydrogens is 523 g/mol. The minimum Gasteiger partial charge on any atom is -0.113 e. The minimum absolute atomic E-state index is 0.413. The molecule has 0 N–H and O–H groups in total. The van der Waals surface area contributed by atoms with Crippen molar-refractivity contribution in [3.8, 4) is 0 Å². The summed E-state index contributed by atoms with van der Waals surface area (Å²) >= 11 is 16.3. The van der Waals surface area contributed by atoms with Gasteiger partial charge in [0.25, 0.3) is 0 Å². The van der Waals surface area contributed by atoms with Gasteiger partial charge in [0, 0.05) is 8.07 Å². The van der Waals surface area contributed by atoms with Crippen LogP contribution < -0.4 is 0 Å². The molecule has 2 atom stereocenters. The Bertz CT molecular complexity index is 1090. The topological polar surface area (TPSA) is 0 Å². The van der Waals surface area contributed by atoms with Crippen LogP contribution in [0.25, 0.3) is 6.08 Å². The highest BCUT2D eigenvalue weighted by Crippen LogP contribution is 2.63. The van der Waals surface area contributed by atoms with Crippen LogP contribution in [0.15, 0.2) is 52.1 Å². The molecule has 0 spiro atoms. The first-order valence-corrected chi connectivity index (χ1v) is 21.6. The van der Waals surface area contributed by atoms with Gasteiger partial charge in [-0.15, -0.1) is 23.2 Å². The second kappa shape index (κ2) is 10.8. The normalized spacial score (nSPS) is 23.4. The quantitative estimate of drug-likeness (QED) is 0.148. The minimum atomic E-state index is -2.48. The maximum Gasteiger partial charge on any atom is 0.119 e. The maximum absolute atomic E-state index is 8.26. The molecule has 37 heavy (non-hydrogen) atoms. The second-order valence-corrected chi connectivity index (χ2v) is 26.5. The number of benzene rings is 1. The average Bonchev–Trinajstić information content (AvgIpc) is 3.16. The van der Waals surface area contributed by atoms with Gasteiger partial charge in [-0.05, 0) is 79.0 Å². The van der Waals surface area contributed by atoms with E-state index in [0.717, 1.165) is 12.1 Å². The molecule has 4 heteroatoms. The Kier molecular flexibility index (Phi) is 9.04. The summed E-state index contributed by atoms with van der Waals surface area (Å²) in [6, 6.07) is 11.2. The predicted molar refractivity (Wildman–Crippen MR) is 174 cm³/mol. The lowest BCUT2D eigenvalue weighted by molar-refractivity contribution is 0.357. The third-order valence-corrected chi connectivity index (χ3v) is 20.1. The van der Waals surface area contributed by atoms with E-state index in [2.05, 4.69) is 105 Å². The molecule has 0 nitrogen and oxygen atoms in total. The number of alkyl halides is 2. The number of fused-ring (bicyclic) bond motifs is 1. The standard InChI is InChI=1S/C33H52Cl2Si2/c1-24-25(2)27(4)32(34,26(24)3)37(11,21-17-13-12-16-20-31(5,6)7)33(35)29(23-36(8,9)10)22-28-18-14-15-19-30(28)33/h14-15,18-19,22H,12-13,16-17,20-21,23H2,1-11H3. The van der Waals surface area contributed by atoms with Crippen molar-refractivity contribution in [2.75, 3.05) is 0 Å². The molecule has 0 bridgehead atoms. The van der Waals surface area contributed by atoms with Crippen molar-refractivity contribution < 1.29 is 0 Å². The molecule has 2 aliphatic carbocycles.